The molecule has 19 heavy (non-hydrogen) atoms. The molecule has 0 atom stereocenters. The van der Waals surface area contributed by atoms with E-state index in [2.05, 4.69) is 28.9 Å². The topological polar surface area (TPSA) is 49.3 Å². The minimum Gasteiger partial charge on any atom is -0.356 e. The summed E-state index contributed by atoms with van der Waals surface area (Å²) in [5.74, 6) is 0.846. The van der Waals surface area contributed by atoms with Crippen LogP contribution in [-0.4, -0.2) is 47.2 Å². The lowest BCUT2D eigenvalue weighted by Crippen LogP contribution is -2.36. The highest BCUT2D eigenvalue weighted by Gasteiger charge is 2.19. The number of hydrogen-bond acceptors (Lipinski definition) is 4. The second-order valence-corrected chi connectivity index (χ2v) is 4.80. The minimum absolute atomic E-state index is 0.0123. The second-order valence-electron chi connectivity index (χ2n) is 4.80. The lowest BCUT2D eigenvalue weighted by Gasteiger charge is -2.26. The van der Waals surface area contributed by atoms with Crippen LogP contribution in [0.25, 0.3) is 0 Å². The van der Waals surface area contributed by atoms with Gasteiger partial charge in [0.05, 0.1) is 0 Å². The first-order valence-electron chi connectivity index (χ1n) is 7.14. The highest BCUT2D eigenvalue weighted by atomic mass is 16.2. The van der Waals surface area contributed by atoms with Crippen molar-refractivity contribution < 1.29 is 4.79 Å². The summed E-state index contributed by atoms with van der Waals surface area (Å²) in [6.45, 7) is 7.64. The van der Waals surface area contributed by atoms with E-state index >= 15 is 0 Å². The third kappa shape index (κ3) is 3.22. The van der Waals surface area contributed by atoms with Gasteiger partial charge in [0, 0.05) is 26.2 Å². The average molecular weight is 262 g/mol. The Hall–Kier alpha value is -1.65. The number of rotatable bonds is 4. The minimum atomic E-state index is 0.0123. The fraction of sp³-hybridized carbons (Fsp3) is 0.643. The molecule has 1 aromatic rings. The van der Waals surface area contributed by atoms with E-state index < -0.39 is 0 Å². The molecule has 1 amide bonds. The Kier molecular flexibility index (Phi) is 4.71. The molecule has 2 heterocycles. The van der Waals surface area contributed by atoms with Gasteiger partial charge in [-0.2, -0.15) is 0 Å². The van der Waals surface area contributed by atoms with Crippen LogP contribution in [0.1, 0.15) is 43.6 Å². The second kappa shape index (κ2) is 6.50. The summed E-state index contributed by atoms with van der Waals surface area (Å²) < 4.78 is 0. The summed E-state index contributed by atoms with van der Waals surface area (Å²) in [6.07, 6.45) is 3.41. The fourth-order valence-electron chi connectivity index (χ4n) is 2.41. The molecule has 1 aliphatic heterocycles. The van der Waals surface area contributed by atoms with Crippen molar-refractivity contribution >= 4 is 11.7 Å². The van der Waals surface area contributed by atoms with Gasteiger partial charge in [0.1, 0.15) is 0 Å². The van der Waals surface area contributed by atoms with Gasteiger partial charge in [-0.3, -0.25) is 4.79 Å². The average Bonchev–Trinajstić information content (AvgIpc) is 2.49. The van der Waals surface area contributed by atoms with E-state index in [1.165, 1.54) is 6.42 Å². The van der Waals surface area contributed by atoms with Gasteiger partial charge in [-0.05, 0) is 45.2 Å². The number of aromatic nitrogens is 2. The molecule has 104 valence electrons. The van der Waals surface area contributed by atoms with Crippen molar-refractivity contribution in [2.24, 2.45) is 0 Å². The summed E-state index contributed by atoms with van der Waals surface area (Å²) >= 11 is 0. The van der Waals surface area contributed by atoms with E-state index in [1.54, 1.807) is 6.07 Å². The maximum atomic E-state index is 12.2. The van der Waals surface area contributed by atoms with E-state index in [4.69, 9.17) is 0 Å². The lowest BCUT2D eigenvalue weighted by atomic mass is 10.1. The Balaban J connectivity index is 2.06. The first-order valence-corrected chi connectivity index (χ1v) is 7.14. The number of anilines is 1. The molecule has 0 saturated carbocycles. The molecular weight excluding hydrogens is 240 g/mol. The van der Waals surface area contributed by atoms with Gasteiger partial charge >= 0.3 is 0 Å². The molecule has 1 aromatic heterocycles. The number of carbonyl (C=O) groups excluding carboxylic acids is 1. The number of hydrogen-bond donors (Lipinski definition) is 0. The normalized spacial score (nSPS) is 15.4. The number of piperidine rings is 1. The summed E-state index contributed by atoms with van der Waals surface area (Å²) in [4.78, 5) is 16.2. The molecule has 0 aliphatic carbocycles. The number of amides is 1. The van der Waals surface area contributed by atoms with Crippen LogP contribution in [0, 0.1) is 0 Å². The molecule has 0 spiro atoms. The van der Waals surface area contributed by atoms with E-state index in [9.17, 15) is 4.79 Å². The van der Waals surface area contributed by atoms with Gasteiger partial charge in [0.25, 0.3) is 5.91 Å². The van der Waals surface area contributed by atoms with Gasteiger partial charge < -0.3 is 9.80 Å². The molecule has 5 nitrogen and oxygen atoms in total. The zero-order valence-electron chi connectivity index (χ0n) is 11.8. The maximum Gasteiger partial charge on any atom is 0.274 e. The van der Waals surface area contributed by atoms with Crippen molar-refractivity contribution in [2.75, 3.05) is 31.1 Å². The zero-order chi connectivity index (χ0) is 13.7. The van der Waals surface area contributed by atoms with Gasteiger partial charge in [0.15, 0.2) is 11.5 Å². The third-order valence-electron chi connectivity index (χ3n) is 3.60. The van der Waals surface area contributed by atoms with Crippen molar-refractivity contribution in [1.82, 2.24) is 15.1 Å². The summed E-state index contributed by atoms with van der Waals surface area (Å²) in [6, 6.07) is 3.68. The highest BCUT2D eigenvalue weighted by Crippen LogP contribution is 2.13. The number of likely N-dealkylation sites (tertiary alicyclic amines) is 1. The Morgan fingerprint density at radius 2 is 1.84 bits per heavy atom. The molecule has 0 radical (unpaired) electrons. The standard InChI is InChI=1S/C14H22N4O/c1-3-17(4-2)13-9-8-12(15-16-13)14(19)18-10-6-5-7-11-18/h8-9H,3-7,10-11H2,1-2H3. The molecule has 0 bridgehead atoms. The lowest BCUT2D eigenvalue weighted by molar-refractivity contribution is 0.0717. The molecule has 0 N–H and O–H groups in total. The fourth-order valence-corrected chi connectivity index (χ4v) is 2.41. The van der Waals surface area contributed by atoms with Crippen LogP contribution in [0.2, 0.25) is 0 Å². The van der Waals surface area contributed by atoms with Gasteiger partial charge in [-0.1, -0.05) is 0 Å². The molecule has 0 aromatic carbocycles. The molecule has 1 aliphatic rings. The van der Waals surface area contributed by atoms with Crippen LogP contribution >= 0.6 is 0 Å². The van der Waals surface area contributed by atoms with Crippen LogP contribution in [-0.2, 0) is 0 Å². The van der Waals surface area contributed by atoms with Crippen LogP contribution < -0.4 is 4.90 Å². The molecular formula is C14H22N4O. The quantitative estimate of drug-likeness (QED) is 0.832. The molecule has 1 fully saturated rings. The van der Waals surface area contributed by atoms with E-state index in [0.29, 0.717) is 5.69 Å². The van der Waals surface area contributed by atoms with Gasteiger partial charge in [0.2, 0.25) is 0 Å². The number of nitrogens with zero attached hydrogens (tertiary/aromatic N) is 4. The Bertz CT molecular complexity index is 408. The maximum absolute atomic E-state index is 12.2. The number of carbonyl (C=O) groups is 1. The Morgan fingerprint density at radius 3 is 2.37 bits per heavy atom. The predicted molar refractivity (Wildman–Crippen MR) is 75.3 cm³/mol. The molecule has 2 rings (SSSR count). The molecule has 1 saturated heterocycles. The third-order valence-corrected chi connectivity index (χ3v) is 3.60. The van der Waals surface area contributed by atoms with E-state index in [1.807, 2.05) is 11.0 Å². The summed E-state index contributed by atoms with van der Waals surface area (Å²) in [7, 11) is 0. The first kappa shape index (κ1) is 13.8. The zero-order valence-corrected chi connectivity index (χ0v) is 11.8. The monoisotopic (exact) mass is 262 g/mol. The van der Waals surface area contributed by atoms with Crippen molar-refractivity contribution in [1.29, 1.82) is 0 Å². The summed E-state index contributed by atoms with van der Waals surface area (Å²) in [5.41, 5.74) is 0.456. The van der Waals surface area contributed by atoms with Crippen LogP contribution in [0.4, 0.5) is 5.82 Å². The van der Waals surface area contributed by atoms with Crippen molar-refractivity contribution in [3.8, 4) is 0 Å². The van der Waals surface area contributed by atoms with Crippen LogP contribution in [0.3, 0.4) is 0 Å². The molecule has 5 heteroatoms. The Morgan fingerprint density at radius 1 is 1.16 bits per heavy atom. The van der Waals surface area contributed by atoms with Crippen molar-refractivity contribution in [2.45, 2.75) is 33.1 Å². The Labute approximate surface area is 114 Å². The van der Waals surface area contributed by atoms with Crippen molar-refractivity contribution in [3.05, 3.63) is 17.8 Å². The predicted octanol–water partition coefficient (Wildman–Crippen LogP) is 1.95. The smallest absolute Gasteiger partial charge is 0.274 e. The molecule has 0 unspecified atom stereocenters. The summed E-state index contributed by atoms with van der Waals surface area (Å²) in [5, 5.41) is 8.25. The van der Waals surface area contributed by atoms with Crippen LogP contribution in [0.15, 0.2) is 12.1 Å². The first-order chi connectivity index (χ1) is 9.26. The van der Waals surface area contributed by atoms with E-state index in [-0.39, 0.29) is 5.91 Å². The van der Waals surface area contributed by atoms with E-state index in [0.717, 1.165) is 44.8 Å². The SMILES string of the molecule is CCN(CC)c1ccc(C(=O)N2CCCCC2)nn1. The highest BCUT2D eigenvalue weighted by molar-refractivity contribution is 5.92. The van der Waals surface area contributed by atoms with Gasteiger partial charge in [-0.15, -0.1) is 10.2 Å². The van der Waals surface area contributed by atoms with Crippen molar-refractivity contribution in [3.63, 3.8) is 0 Å². The largest absolute Gasteiger partial charge is 0.356 e. The van der Waals surface area contributed by atoms with Crippen LogP contribution in [0.5, 0.6) is 0 Å². The van der Waals surface area contributed by atoms with Gasteiger partial charge in [-0.25, -0.2) is 0 Å².